The number of carbonyl (C=O) groups excluding carboxylic acids is 1. The maximum atomic E-state index is 11.4. The largest absolute Gasteiger partial charge is 0.387 e. The second kappa shape index (κ2) is 7.08. The van der Waals surface area contributed by atoms with Gasteiger partial charge >= 0.3 is 0 Å². The number of aliphatic hydroxyl groups is 1. The van der Waals surface area contributed by atoms with E-state index >= 15 is 0 Å². The maximum absolute atomic E-state index is 11.4. The molecule has 3 rings (SSSR count). The Balaban J connectivity index is 1.59. The van der Waals surface area contributed by atoms with Gasteiger partial charge in [-0.2, -0.15) is 4.98 Å². The van der Waals surface area contributed by atoms with E-state index in [4.69, 9.17) is 21.2 Å². The molecule has 23 heavy (non-hydrogen) atoms. The number of carbonyl (C=O) groups is 1. The van der Waals surface area contributed by atoms with Gasteiger partial charge in [0.05, 0.1) is 6.54 Å². The van der Waals surface area contributed by atoms with Crippen LogP contribution in [0.4, 0.5) is 0 Å². The van der Waals surface area contributed by atoms with E-state index in [0.717, 1.165) is 5.56 Å². The van der Waals surface area contributed by atoms with Crippen LogP contribution in [0.5, 0.6) is 0 Å². The number of piperazine rings is 1. The summed E-state index contributed by atoms with van der Waals surface area (Å²) < 4.78 is 5.28. The fraction of sp³-hybridized carbons (Fsp3) is 0.400. The number of benzene rings is 1. The molecule has 2 aromatic rings. The van der Waals surface area contributed by atoms with Crippen molar-refractivity contribution in [1.82, 2.24) is 19.9 Å². The molecule has 1 aliphatic heterocycles. The Kier molecular flexibility index (Phi) is 4.90. The molecule has 1 aromatic heterocycles. The van der Waals surface area contributed by atoms with Crippen molar-refractivity contribution in [3.05, 3.63) is 35.1 Å². The summed E-state index contributed by atoms with van der Waals surface area (Å²) in [5.41, 5.74) is 0.787. The summed E-state index contributed by atoms with van der Waals surface area (Å²) in [6, 6.07) is 7.26. The average Bonchev–Trinajstić information content (AvgIpc) is 3.03. The quantitative estimate of drug-likeness (QED) is 0.897. The topological polar surface area (TPSA) is 82.7 Å². The molecule has 0 radical (unpaired) electrons. The number of rotatable bonds is 4. The number of halogens is 1. The molecule has 1 fully saturated rings. The lowest BCUT2D eigenvalue weighted by molar-refractivity contribution is -0.136. The van der Waals surface area contributed by atoms with Crippen LogP contribution in [-0.2, 0) is 11.3 Å². The molecule has 1 aromatic carbocycles. The highest BCUT2D eigenvalue weighted by atomic mass is 35.5. The first-order chi connectivity index (χ1) is 11.2. The van der Waals surface area contributed by atoms with E-state index in [1.165, 1.54) is 0 Å². The molecule has 1 saturated heterocycles. The van der Waals surface area contributed by atoms with Gasteiger partial charge < -0.3 is 14.5 Å². The fourth-order valence-electron chi connectivity index (χ4n) is 2.51. The number of aromatic nitrogens is 2. The SMILES string of the molecule is O=C(CO)N1CCN(Cc2noc(-c3cccc(Cl)c3)n2)CC1. The molecule has 0 atom stereocenters. The third kappa shape index (κ3) is 3.87. The molecule has 122 valence electrons. The van der Waals surface area contributed by atoms with Gasteiger partial charge in [0.25, 0.3) is 5.89 Å². The number of aliphatic hydroxyl groups excluding tert-OH is 1. The lowest BCUT2D eigenvalue weighted by Crippen LogP contribution is -2.49. The highest BCUT2D eigenvalue weighted by Gasteiger charge is 2.21. The van der Waals surface area contributed by atoms with Crippen LogP contribution >= 0.6 is 11.6 Å². The van der Waals surface area contributed by atoms with Crippen LogP contribution in [0, 0.1) is 0 Å². The lowest BCUT2D eigenvalue weighted by Gasteiger charge is -2.33. The van der Waals surface area contributed by atoms with Crippen molar-refractivity contribution in [3.63, 3.8) is 0 Å². The summed E-state index contributed by atoms with van der Waals surface area (Å²) >= 11 is 5.96. The van der Waals surface area contributed by atoms with Gasteiger partial charge in [0.15, 0.2) is 5.82 Å². The zero-order valence-corrected chi connectivity index (χ0v) is 13.2. The normalized spacial score (nSPS) is 15.8. The first kappa shape index (κ1) is 15.9. The first-order valence-corrected chi connectivity index (χ1v) is 7.73. The fourth-order valence-corrected chi connectivity index (χ4v) is 2.70. The van der Waals surface area contributed by atoms with Crippen molar-refractivity contribution in [2.24, 2.45) is 0 Å². The molecule has 2 heterocycles. The summed E-state index contributed by atoms with van der Waals surface area (Å²) in [6.07, 6.45) is 0. The minimum absolute atomic E-state index is 0.229. The number of amides is 1. The van der Waals surface area contributed by atoms with Gasteiger partial charge in [0, 0.05) is 36.8 Å². The molecule has 0 aliphatic carbocycles. The van der Waals surface area contributed by atoms with Gasteiger partial charge in [-0.15, -0.1) is 0 Å². The zero-order valence-electron chi connectivity index (χ0n) is 12.5. The van der Waals surface area contributed by atoms with Crippen molar-refractivity contribution in [2.75, 3.05) is 32.8 Å². The van der Waals surface area contributed by atoms with Crippen LogP contribution in [0.3, 0.4) is 0 Å². The van der Waals surface area contributed by atoms with Gasteiger partial charge in [-0.3, -0.25) is 9.69 Å². The first-order valence-electron chi connectivity index (χ1n) is 7.35. The van der Waals surface area contributed by atoms with E-state index < -0.39 is 6.61 Å². The van der Waals surface area contributed by atoms with Crippen molar-refractivity contribution in [3.8, 4) is 11.5 Å². The maximum Gasteiger partial charge on any atom is 0.258 e. The van der Waals surface area contributed by atoms with Gasteiger partial charge in [-0.1, -0.05) is 22.8 Å². The van der Waals surface area contributed by atoms with Gasteiger partial charge in [0.2, 0.25) is 5.91 Å². The molecule has 1 amide bonds. The van der Waals surface area contributed by atoms with Crippen LogP contribution in [0.25, 0.3) is 11.5 Å². The van der Waals surface area contributed by atoms with Crippen LogP contribution in [-0.4, -0.2) is 63.7 Å². The van der Waals surface area contributed by atoms with E-state index in [2.05, 4.69) is 15.0 Å². The standard InChI is InChI=1S/C15H17ClN4O3/c16-12-3-1-2-11(8-12)15-17-13(18-23-15)9-19-4-6-20(7-5-19)14(22)10-21/h1-3,8,21H,4-7,9-10H2. The van der Waals surface area contributed by atoms with Gasteiger partial charge in [0.1, 0.15) is 6.61 Å². The Morgan fingerprint density at radius 2 is 2.09 bits per heavy atom. The van der Waals surface area contributed by atoms with E-state index in [1.54, 1.807) is 17.0 Å². The van der Waals surface area contributed by atoms with Crippen LogP contribution < -0.4 is 0 Å². The Bertz CT molecular complexity index is 683. The predicted octanol–water partition coefficient (Wildman–Crippen LogP) is 1.03. The van der Waals surface area contributed by atoms with E-state index in [9.17, 15) is 4.79 Å². The van der Waals surface area contributed by atoms with Crippen molar-refractivity contribution >= 4 is 17.5 Å². The molecule has 0 unspecified atom stereocenters. The second-order valence-electron chi connectivity index (χ2n) is 5.34. The number of hydrogen-bond acceptors (Lipinski definition) is 6. The average molecular weight is 337 g/mol. The molecule has 7 nitrogen and oxygen atoms in total. The summed E-state index contributed by atoms with van der Waals surface area (Å²) in [5, 5.41) is 13.5. The van der Waals surface area contributed by atoms with Crippen molar-refractivity contribution < 1.29 is 14.4 Å². The minimum atomic E-state index is -0.437. The highest BCUT2D eigenvalue weighted by Crippen LogP contribution is 2.21. The van der Waals surface area contributed by atoms with E-state index in [0.29, 0.717) is 49.5 Å². The third-order valence-electron chi connectivity index (χ3n) is 3.76. The predicted molar refractivity (Wildman–Crippen MR) is 83.7 cm³/mol. The smallest absolute Gasteiger partial charge is 0.258 e. The Morgan fingerprint density at radius 3 is 2.78 bits per heavy atom. The summed E-state index contributed by atoms with van der Waals surface area (Å²) in [4.78, 5) is 19.6. The number of hydrogen-bond donors (Lipinski definition) is 1. The van der Waals surface area contributed by atoms with Gasteiger partial charge in [-0.25, -0.2) is 0 Å². The zero-order chi connectivity index (χ0) is 16.2. The minimum Gasteiger partial charge on any atom is -0.387 e. The molecular weight excluding hydrogens is 320 g/mol. The van der Waals surface area contributed by atoms with Crippen LogP contribution in [0.1, 0.15) is 5.82 Å². The monoisotopic (exact) mass is 336 g/mol. The van der Waals surface area contributed by atoms with E-state index in [1.807, 2.05) is 12.1 Å². The van der Waals surface area contributed by atoms with Crippen molar-refractivity contribution in [2.45, 2.75) is 6.54 Å². The summed E-state index contributed by atoms with van der Waals surface area (Å²) in [7, 11) is 0. The second-order valence-corrected chi connectivity index (χ2v) is 5.78. The van der Waals surface area contributed by atoms with Gasteiger partial charge in [-0.05, 0) is 18.2 Å². The molecule has 1 N–H and O–H groups in total. The Hall–Kier alpha value is -1.96. The molecule has 8 heteroatoms. The molecule has 0 saturated carbocycles. The molecule has 0 spiro atoms. The molecular formula is C15H17ClN4O3. The van der Waals surface area contributed by atoms with Crippen LogP contribution in [0.2, 0.25) is 5.02 Å². The van der Waals surface area contributed by atoms with Crippen LogP contribution in [0.15, 0.2) is 28.8 Å². The Labute approximate surface area is 138 Å². The van der Waals surface area contributed by atoms with Crippen molar-refractivity contribution in [1.29, 1.82) is 0 Å². The highest BCUT2D eigenvalue weighted by molar-refractivity contribution is 6.30. The third-order valence-corrected chi connectivity index (χ3v) is 4.00. The lowest BCUT2D eigenvalue weighted by atomic mass is 10.2. The molecule has 1 aliphatic rings. The number of nitrogens with zero attached hydrogens (tertiary/aromatic N) is 4. The Morgan fingerprint density at radius 1 is 1.30 bits per heavy atom. The molecule has 0 bridgehead atoms. The van der Waals surface area contributed by atoms with E-state index in [-0.39, 0.29) is 5.91 Å². The summed E-state index contributed by atoms with van der Waals surface area (Å²) in [6.45, 7) is 2.75. The summed E-state index contributed by atoms with van der Waals surface area (Å²) in [5.74, 6) is 0.811.